The molecule has 4 heteroatoms. The highest BCUT2D eigenvalue weighted by Gasteiger charge is 1.94. The summed E-state index contributed by atoms with van der Waals surface area (Å²) in [6.07, 6.45) is 13.2. The topological polar surface area (TPSA) is 65.2 Å². The van der Waals surface area contributed by atoms with Crippen molar-refractivity contribution < 1.29 is 9.53 Å². The number of hydrogen-bond donors (Lipinski definition) is 1. The monoisotopic (exact) mass is 298 g/mol. The predicted octanol–water partition coefficient (Wildman–Crippen LogP) is 1.84. The lowest BCUT2D eigenvalue weighted by Crippen LogP contribution is -2.30. The molecule has 1 heterocycles. The van der Waals surface area contributed by atoms with Crippen LogP contribution in [0, 0.1) is 6.92 Å². The van der Waals surface area contributed by atoms with Gasteiger partial charge in [-0.05, 0) is 56.2 Å². The average molecular weight is 298 g/mol. The lowest BCUT2D eigenvalue weighted by atomic mass is 10.2. The smallest absolute Gasteiger partial charge is 0.298 e. The second-order valence-corrected chi connectivity index (χ2v) is 4.68. The number of pyridine rings is 1. The molecule has 1 aliphatic rings. The number of hydrogen-bond acceptors (Lipinski definition) is 4. The molecule has 1 aromatic rings. The van der Waals surface area contributed by atoms with Crippen molar-refractivity contribution in [3.05, 3.63) is 64.5 Å². The van der Waals surface area contributed by atoms with Crippen molar-refractivity contribution >= 4 is 18.7 Å². The van der Waals surface area contributed by atoms with Crippen molar-refractivity contribution in [1.29, 1.82) is 0 Å². The van der Waals surface area contributed by atoms with Crippen LogP contribution in [-0.4, -0.2) is 11.5 Å². The molecule has 0 spiro atoms. The van der Waals surface area contributed by atoms with Gasteiger partial charge in [0.2, 0.25) is 0 Å². The van der Waals surface area contributed by atoms with E-state index in [1.807, 2.05) is 44.2 Å². The zero-order valence-corrected chi connectivity index (χ0v) is 13.1. The van der Waals surface area contributed by atoms with Gasteiger partial charge in [-0.3, -0.25) is 9.78 Å². The molecule has 0 saturated carbocycles. The van der Waals surface area contributed by atoms with Crippen molar-refractivity contribution in [3.63, 3.8) is 0 Å². The standard InChI is InChI=1S/C11H14N2.C7H8O2/c1-4-5-11(12)10-6-7-13-9(3)8(10)2;8-6-9-7-4-2-1-3-5-7/h4-7H,2,12H2,1,3H3;2,4-6H,1,3H2/b5-4-,11-10+;. The van der Waals surface area contributed by atoms with E-state index in [0.717, 1.165) is 34.7 Å². The molecule has 2 rings (SSSR count). The largest absolute Gasteiger partial charge is 0.429 e. The van der Waals surface area contributed by atoms with E-state index in [1.54, 1.807) is 12.3 Å². The molecule has 0 aliphatic heterocycles. The molecule has 0 radical (unpaired) electrons. The molecule has 0 unspecified atom stereocenters. The van der Waals surface area contributed by atoms with Gasteiger partial charge in [-0.15, -0.1) is 0 Å². The Morgan fingerprint density at radius 1 is 1.45 bits per heavy atom. The first-order valence-electron chi connectivity index (χ1n) is 7.10. The zero-order chi connectivity index (χ0) is 16.4. The molecular formula is C18H22N2O2. The maximum Gasteiger partial charge on any atom is 0.298 e. The predicted molar refractivity (Wildman–Crippen MR) is 89.8 cm³/mol. The van der Waals surface area contributed by atoms with E-state index in [2.05, 4.69) is 16.3 Å². The second kappa shape index (κ2) is 9.34. The van der Waals surface area contributed by atoms with Crippen LogP contribution in [0.5, 0.6) is 0 Å². The molecule has 2 N–H and O–H groups in total. The number of aromatic nitrogens is 1. The van der Waals surface area contributed by atoms with Crippen LogP contribution in [0.15, 0.2) is 48.4 Å². The van der Waals surface area contributed by atoms with E-state index in [9.17, 15) is 4.79 Å². The fourth-order valence-electron chi connectivity index (χ4n) is 1.87. The molecule has 0 saturated heterocycles. The van der Waals surface area contributed by atoms with Crippen LogP contribution in [0.25, 0.3) is 12.3 Å². The Bertz CT molecular complexity index is 700. The molecule has 4 nitrogen and oxygen atoms in total. The Labute approximate surface area is 131 Å². The molecule has 0 atom stereocenters. The minimum absolute atomic E-state index is 0.446. The van der Waals surface area contributed by atoms with E-state index in [-0.39, 0.29) is 0 Å². The summed E-state index contributed by atoms with van der Waals surface area (Å²) in [4.78, 5) is 13.9. The van der Waals surface area contributed by atoms with Gasteiger partial charge in [0.25, 0.3) is 6.47 Å². The first kappa shape index (κ1) is 17.4. The second-order valence-electron chi connectivity index (χ2n) is 4.68. The Morgan fingerprint density at radius 2 is 2.23 bits per heavy atom. The summed E-state index contributed by atoms with van der Waals surface area (Å²) in [5, 5.41) is 1.86. The highest BCUT2D eigenvalue weighted by atomic mass is 16.5. The van der Waals surface area contributed by atoms with Gasteiger partial charge in [-0.2, -0.15) is 0 Å². The normalized spacial score (nSPS) is 14.7. The van der Waals surface area contributed by atoms with Gasteiger partial charge in [-0.1, -0.05) is 18.7 Å². The van der Waals surface area contributed by atoms with Crippen molar-refractivity contribution in [2.75, 3.05) is 0 Å². The molecule has 0 fully saturated rings. The number of nitrogens with two attached hydrogens (primary N) is 1. The summed E-state index contributed by atoms with van der Waals surface area (Å²) in [7, 11) is 0. The van der Waals surface area contributed by atoms with Gasteiger partial charge in [0.1, 0.15) is 5.76 Å². The molecule has 22 heavy (non-hydrogen) atoms. The van der Waals surface area contributed by atoms with Gasteiger partial charge >= 0.3 is 0 Å². The lowest BCUT2D eigenvalue weighted by Gasteiger charge is -2.01. The quantitative estimate of drug-likeness (QED) is 0.865. The number of allylic oxidation sites excluding steroid dienone is 4. The fourth-order valence-corrected chi connectivity index (χ4v) is 1.87. The van der Waals surface area contributed by atoms with E-state index in [0.29, 0.717) is 12.2 Å². The average Bonchev–Trinajstić information content (AvgIpc) is 2.52. The lowest BCUT2D eigenvalue weighted by molar-refractivity contribution is -0.124. The molecule has 116 valence electrons. The number of ether oxygens (including phenoxy) is 1. The number of rotatable bonds is 3. The highest BCUT2D eigenvalue weighted by molar-refractivity contribution is 5.52. The summed E-state index contributed by atoms with van der Waals surface area (Å²) in [6, 6.07) is 1.88. The number of nitrogens with zero attached hydrogens (tertiary/aromatic N) is 1. The SMILES string of the molecule is C=c1c(C)ncc/c1=C(N)/C=C\C.O=COC1=CCCC=C1. The van der Waals surface area contributed by atoms with Gasteiger partial charge < -0.3 is 10.5 Å². The van der Waals surface area contributed by atoms with Crippen molar-refractivity contribution in [2.45, 2.75) is 26.7 Å². The maximum absolute atomic E-state index is 9.78. The Hall–Kier alpha value is -2.62. The molecule has 1 aromatic heterocycles. The van der Waals surface area contributed by atoms with Crippen LogP contribution in [0.4, 0.5) is 0 Å². The molecular weight excluding hydrogens is 276 g/mol. The van der Waals surface area contributed by atoms with Crippen LogP contribution in [0.2, 0.25) is 0 Å². The summed E-state index contributed by atoms with van der Waals surface area (Å²) in [5.41, 5.74) is 7.49. The van der Waals surface area contributed by atoms with Gasteiger partial charge in [0, 0.05) is 22.8 Å². The minimum atomic E-state index is 0.446. The maximum atomic E-state index is 9.78. The zero-order valence-electron chi connectivity index (χ0n) is 13.1. The summed E-state index contributed by atoms with van der Waals surface area (Å²) < 4.78 is 4.58. The fraction of sp³-hybridized carbons (Fsp3) is 0.222. The van der Waals surface area contributed by atoms with E-state index >= 15 is 0 Å². The van der Waals surface area contributed by atoms with Crippen LogP contribution >= 0.6 is 0 Å². The third-order valence-corrected chi connectivity index (χ3v) is 3.07. The van der Waals surface area contributed by atoms with E-state index < -0.39 is 0 Å². The number of carbonyl (C=O) groups is 1. The third kappa shape index (κ3) is 5.40. The summed E-state index contributed by atoms with van der Waals surface area (Å²) in [6.45, 7) is 8.23. The molecule has 0 amide bonds. The van der Waals surface area contributed by atoms with Crippen molar-refractivity contribution in [3.8, 4) is 0 Å². The van der Waals surface area contributed by atoms with Crippen LogP contribution < -0.4 is 16.2 Å². The minimum Gasteiger partial charge on any atom is -0.429 e. The van der Waals surface area contributed by atoms with Crippen LogP contribution in [-0.2, 0) is 9.53 Å². The van der Waals surface area contributed by atoms with Crippen molar-refractivity contribution in [1.82, 2.24) is 4.98 Å². The van der Waals surface area contributed by atoms with Crippen LogP contribution in [0.3, 0.4) is 0 Å². The van der Waals surface area contributed by atoms with E-state index in [1.165, 1.54) is 0 Å². The Morgan fingerprint density at radius 3 is 2.82 bits per heavy atom. The van der Waals surface area contributed by atoms with Gasteiger partial charge in [-0.25, -0.2) is 0 Å². The highest BCUT2D eigenvalue weighted by Crippen LogP contribution is 2.08. The molecule has 0 bridgehead atoms. The number of carbonyl (C=O) groups excluding carboxylic acids is 1. The summed E-state index contributed by atoms with van der Waals surface area (Å²) in [5.74, 6) is 0.663. The van der Waals surface area contributed by atoms with Crippen LogP contribution in [0.1, 0.15) is 25.5 Å². The van der Waals surface area contributed by atoms with Gasteiger partial charge in [0.15, 0.2) is 0 Å². The first-order chi connectivity index (χ1) is 10.6. The molecule has 1 aliphatic carbocycles. The summed E-state index contributed by atoms with van der Waals surface area (Å²) >= 11 is 0. The Balaban J connectivity index is 0.000000235. The first-order valence-corrected chi connectivity index (χ1v) is 7.10. The molecule has 0 aromatic carbocycles. The Kier molecular flexibility index (Phi) is 7.40. The van der Waals surface area contributed by atoms with E-state index in [4.69, 9.17) is 5.73 Å². The number of aryl methyl sites for hydroxylation is 1. The van der Waals surface area contributed by atoms with Gasteiger partial charge in [0.05, 0.1) is 0 Å². The third-order valence-electron chi connectivity index (χ3n) is 3.07. The van der Waals surface area contributed by atoms with Crippen molar-refractivity contribution in [2.24, 2.45) is 5.73 Å².